The number of nitrogens with one attached hydrogen (secondary N) is 1. The highest BCUT2D eigenvalue weighted by molar-refractivity contribution is 8.13. The fourth-order valence-electron chi connectivity index (χ4n) is 1.02. The first-order valence-corrected chi connectivity index (χ1v) is 8.29. The quantitative estimate of drug-likeness (QED) is 0.828. The van der Waals surface area contributed by atoms with Crippen molar-refractivity contribution in [2.45, 2.75) is 17.2 Å². The van der Waals surface area contributed by atoms with Crippen LogP contribution in [0, 0.1) is 0 Å². The first kappa shape index (κ1) is 15.3. The molecule has 0 saturated carbocycles. The van der Waals surface area contributed by atoms with Crippen molar-refractivity contribution in [3.8, 4) is 0 Å². The normalized spacial score (nSPS) is 12.9. The van der Waals surface area contributed by atoms with Gasteiger partial charge in [-0.25, -0.2) is 21.6 Å². The third kappa shape index (κ3) is 4.16. The van der Waals surface area contributed by atoms with Crippen LogP contribution in [0.3, 0.4) is 0 Å². The van der Waals surface area contributed by atoms with Crippen LogP contribution in [0.2, 0.25) is 0 Å². The van der Waals surface area contributed by atoms with E-state index in [0.717, 1.165) is 12.1 Å². The van der Waals surface area contributed by atoms with Gasteiger partial charge in [0.2, 0.25) is 0 Å². The lowest BCUT2D eigenvalue weighted by Crippen LogP contribution is -2.28. The van der Waals surface area contributed by atoms with Crippen molar-refractivity contribution in [1.82, 2.24) is 4.72 Å². The molecular formula is C8H8ClF2NO4S2. The molecule has 0 aliphatic carbocycles. The SMILES string of the molecule is O=S(=O)(Cl)c1ccc(CNS(=O)(=O)C(F)F)cc1. The molecule has 5 nitrogen and oxygen atoms in total. The molecule has 1 aromatic rings. The first-order valence-electron chi connectivity index (χ1n) is 4.43. The third-order valence-electron chi connectivity index (χ3n) is 1.92. The van der Waals surface area contributed by atoms with Gasteiger partial charge in [0.25, 0.3) is 19.1 Å². The lowest BCUT2D eigenvalue weighted by molar-refractivity contribution is 0.232. The summed E-state index contributed by atoms with van der Waals surface area (Å²) in [7, 11) is -3.46. The minimum Gasteiger partial charge on any atom is -0.207 e. The van der Waals surface area contributed by atoms with Gasteiger partial charge in [-0.3, -0.25) is 0 Å². The smallest absolute Gasteiger partial charge is 0.207 e. The predicted molar refractivity (Wildman–Crippen MR) is 61.2 cm³/mol. The molecule has 102 valence electrons. The van der Waals surface area contributed by atoms with Crippen LogP contribution in [-0.2, 0) is 25.6 Å². The molecule has 0 spiro atoms. The second-order valence-electron chi connectivity index (χ2n) is 3.21. The molecular weight excluding hydrogens is 312 g/mol. The third-order valence-corrected chi connectivity index (χ3v) is 4.30. The highest BCUT2D eigenvalue weighted by Crippen LogP contribution is 2.15. The molecule has 0 atom stereocenters. The molecule has 0 fully saturated rings. The van der Waals surface area contributed by atoms with E-state index in [0.29, 0.717) is 5.56 Å². The molecule has 1 rings (SSSR count). The molecule has 0 aromatic heterocycles. The van der Waals surface area contributed by atoms with Gasteiger partial charge in [-0.2, -0.15) is 8.78 Å². The van der Waals surface area contributed by atoms with Crippen molar-refractivity contribution in [3.05, 3.63) is 29.8 Å². The average Bonchev–Trinajstić information content (AvgIpc) is 2.25. The van der Waals surface area contributed by atoms with Crippen LogP contribution in [0.25, 0.3) is 0 Å². The number of rotatable bonds is 5. The summed E-state index contributed by atoms with van der Waals surface area (Å²) in [5.41, 5.74) is 0.322. The zero-order valence-corrected chi connectivity index (χ0v) is 11.1. The molecule has 0 aliphatic rings. The Labute approximate surface area is 107 Å². The van der Waals surface area contributed by atoms with E-state index in [1.165, 1.54) is 12.1 Å². The molecule has 10 heteroatoms. The predicted octanol–water partition coefficient (Wildman–Crippen LogP) is 1.26. The van der Waals surface area contributed by atoms with E-state index in [4.69, 9.17) is 10.7 Å². The van der Waals surface area contributed by atoms with Gasteiger partial charge in [-0.15, -0.1) is 0 Å². The Bertz CT molecular complexity index is 613. The molecule has 0 unspecified atom stereocenters. The summed E-state index contributed by atoms with van der Waals surface area (Å²) in [5, 5.41) is 0. The standard InChI is InChI=1S/C8H8ClF2NO4S2/c9-17(13,14)7-3-1-6(2-4-7)5-12-18(15,16)8(10)11/h1-4,8,12H,5H2. The number of benzene rings is 1. The summed E-state index contributed by atoms with van der Waals surface area (Å²) in [6.07, 6.45) is 0. The Balaban J connectivity index is 2.78. The topological polar surface area (TPSA) is 80.3 Å². The molecule has 0 aliphatic heterocycles. The zero-order valence-electron chi connectivity index (χ0n) is 8.68. The van der Waals surface area contributed by atoms with Gasteiger partial charge in [0.05, 0.1) is 4.90 Å². The van der Waals surface area contributed by atoms with Crippen molar-refractivity contribution < 1.29 is 25.6 Å². The fourth-order valence-corrected chi connectivity index (χ4v) is 2.28. The van der Waals surface area contributed by atoms with Crippen LogP contribution < -0.4 is 4.72 Å². The van der Waals surface area contributed by atoms with Crippen molar-refractivity contribution >= 4 is 29.8 Å². The summed E-state index contributed by atoms with van der Waals surface area (Å²) in [6.45, 7) is -0.366. The van der Waals surface area contributed by atoms with Crippen LogP contribution in [-0.4, -0.2) is 22.6 Å². The Kier molecular flexibility index (Phi) is 4.65. The molecule has 0 heterocycles. The molecule has 0 radical (unpaired) electrons. The maximum atomic E-state index is 12.0. The summed E-state index contributed by atoms with van der Waals surface area (Å²) in [5.74, 6) is -3.51. The Morgan fingerprint density at radius 1 is 1.11 bits per heavy atom. The Morgan fingerprint density at radius 3 is 2.00 bits per heavy atom. The molecule has 0 amide bonds. The lowest BCUT2D eigenvalue weighted by Gasteiger charge is -2.05. The van der Waals surface area contributed by atoms with E-state index in [1.807, 2.05) is 0 Å². The van der Waals surface area contributed by atoms with Crippen molar-refractivity contribution in [1.29, 1.82) is 0 Å². The summed E-state index contributed by atoms with van der Waals surface area (Å²) < 4.78 is 69.0. The van der Waals surface area contributed by atoms with Crippen molar-refractivity contribution in [2.75, 3.05) is 0 Å². The number of halogens is 3. The monoisotopic (exact) mass is 319 g/mol. The van der Waals surface area contributed by atoms with Gasteiger partial charge in [0, 0.05) is 17.2 Å². The van der Waals surface area contributed by atoms with Crippen LogP contribution >= 0.6 is 10.7 Å². The van der Waals surface area contributed by atoms with Crippen LogP contribution in [0.5, 0.6) is 0 Å². The highest BCUT2D eigenvalue weighted by atomic mass is 35.7. The minimum absolute atomic E-state index is 0.162. The van der Waals surface area contributed by atoms with Gasteiger partial charge in [-0.05, 0) is 17.7 Å². The second-order valence-corrected chi connectivity index (χ2v) is 7.51. The number of sulfonamides is 1. The van der Waals surface area contributed by atoms with E-state index in [1.54, 1.807) is 4.72 Å². The van der Waals surface area contributed by atoms with E-state index < -0.39 is 24.8 Å². The lowest BCUT2D eigenvalue weighted by atomic mass is 10.2. The van der Waals surface area contributed by atoms with Gasteiger partial charge in [0.15, 0.2) is 0 Å². The number of hydrogen-bond donors (Lipinski definition) is 1. The number of hydrogen-bond acceptors (Lipinski definition) is 4. The van der Waals surface area contributed by atoms with Crippen molar-refractivity contribution in [2.24, 2.45) is 0 Å². The summed E-state index contributed by atoms with van der Waals surface area (Å²) >= 11 is 0. The second kappa shape index (κ2) is 5.47. The van der Waals surface area contributed by atoms with E-state index >= 15 is 0 Å². The van der Waals surface area contributed by atoms with Gasteiger partial charge >= 0.3 is 5.76 Å². The Hall–Kier alpha value is -0.770. The first-order chi connectivity index (χ1) is 8.13. The zero-order chi connectivity index (χ0) is 14.0. The van der Waals surface area contributed by atoms with Crippen molar-refractivity contribution in [3.63, 3.8) is 0 Å². The van der Waals surface area contributed by atoms with Gasteiger partial charge < -0.3 is 0 Å². The highest BCUT2D eigenvalue weighted by Gasteiger charge is 2.22. The van der Waals surface area contributed by atoms with Crippen LogP contribution in [0.4, 0.5) is 8.78 Å². The molecule has 1 aromatic carbocycles. The van der Waals surface area contributed by atoms with E-state index in [-0.39, 0.29) is 11.4 Å². The van der Waals surface area contributed by atoms with Gasteiger partial charge in [-0.1, -0.05) is 12.1 Å². The largest absolute Gasteiger partial charge is 0.350 e. The van der Waals surface area contributed by atoms with Crippen LogP contribution in [0.15, 0.2) is 29.2 Å². The van der Waals surface area contributed by atoms with E-state index in [2.05, 4.69) is 0 Å². The summed E-state index contributed by atoms with van der Waals surface area (Å²) in [4.78, 5) is -0.162. The van der Waals surface area contributed by atoms with E-state index in [9.17, 15) is 25.6 Å². The average molecular weight is 320 g/mol. The summed E-state index contributed by atoms with van der Waals surface area (Å²) in [6, 6.07) is 4.83. The molecule has 0 bridgehead atoms. The molecule has 0 saturated heterocycles. The van der Waals surface area contributed by atoms with Gasteiger partial charge in [0.1, 0.15) is 0 Å². The fraction of sp³-hybridized carbons (Fsp3) is 0.250. The molecule has 18 heavy (non-hydrogen) atoms. The van der Waals surface area contributed by atoms with Crippen LogP contribution in [0.1, 0.15) is 5.56 Å². The maximum absolute atomic E-state index is 12.0. The maximum Gasteiger partial charge on any atom is 0.350 e. The molecule has 1 N–H and O–H groups in total. The minimum atomic E-state index is -4.66. The Morgan fingerprint density at radius 2 is 1.61 bits per heavy atom. The number of alkyl halides is 2.